The van der Waals surface area contributed by atoms with E-state index in [4.69, 9.17) is 18.9 Å². The summed E-state index contributed by atoms with van der Waals surface area (Å²) in [5, 5.41) is 8.60. The van der Waals surface area contributed by atoms with Crippen LogP contribution in [0, 0.1) is 17.8 Å². The lowest BCUT2D eigenvalue weighted by molar-refractivity contribution is -0.146. The molecule has 18 nitrogen and oxygen atoms in total. The van der Waals surface area contributed by atoms with Crippen LogP contribution in [0.1, 0.15) is 65.9 Å². The normalized spacial score (nSPS) is 18.3. The maximum atomic E-state index is 14.2. The van der Waals surface area contributed by atoms with E-state index in [0.717, 1.165) is 10.5 Å². The molecule has 65 heavy (non-hydrogen) atoms. The van der Waals surface area contributed by atoms with Crippen molar-refractivity contribution in [2.45, 2.75) is 103 Å². The Balaban J connectivity index is 1.62. The van der Waals surface area contributed by atoms with Crippen molar-refractivity contribution < 1.29 is 52.5 Å². The molecule has 364 valence electrons. The minimum atomic E-state index is -0.919. The van der Waals surface area contributed by atoms with Crippen molar-refractivity contribution in [1.82, 2.24) is 35.6 Å². The highest BCUT2D eigenvalue weighted by molar-refractivity contribution is 6.12. The minimum absolute atomic E-state index is 0.0178. The van der Waals surface area contributed by atoms with Gasteiger partial charge in [-0.3, -0.25) is 43.4 Å². The summed E-state index contributed by atoms with van der Waals surface area (Å²) in [4.78, 5) is 98.0. The smallest absolute Gasteiger partial charge is 0.253 e. The van der Waals surface area contributed by atoms with Gasteiger partial charge in [0.2, 0.25) is 29.5 Å². The van der Waals surface area contributed by atoms with Gasteiger partial charge in [-0.2, -0.15) is 0 Å². The number of ether oxygens (including phenoxy) is 4. The zero-order chi connectivity index (χ0) is 48.2. The van der Waals surface area contributed by atoms with Crippen molar-refractivity contribution in [1.29, 1.82) is 0 Å². The minimum Gasteiger partial charge on any atom is -0.379 e. The van der Waals surface area contributed by atoms with E-state index in [1.165, 1.54) is 26.4 Å². The second-order valence-corrected chi connectivity index (χ2v) is 17.4. The van der Waals surface area contributed by atoms with E-state index in [0.29, 0.717) is 25.8 Å². The Bertz CT molecular complexity index is 1720. The van der Waals surface area contributed by atoms with Gasteiger partial charge in [-0.25, -0.2) is 0 Å². The van der Waals surface area contributed by atoms with Crippen LogP contribution in [0.3, 0.4) is 0 Å². The molecule has 0 spiro atoms. The quantitative estimate of drug-likeness (QED) is 0.0772. The number of imide groups is 1. The summed E-state index contributed by atoms with van der Waals surface area (Å²) in [6, 6.07) is 7.13. The molecule has 2 heterocycles. The molecular formula is C47H75N7O11. The molecule has 0 aromatic heterocycles. The molecule has 3 rings (SSSR count). The predicted octanol–water partition coefficient (Wildman–Crippen LogP) is 1.41. The van der Waals surface area contributed by atoms with Crippen molar-refractivity contribution in [2.75, 3.05) is 88.0 Å². The molecule has 2 aliphatic heterocycles. The molecule has 7 amide bonds. The summed E-state index contributed by atoms with van der Waals surface area (Å²) in [6.07, 6.45) is 3.32. The molecule has 1 fully saturated rings. The van der Waals surface area contributed by atoms with Crippen molar-refractivity contribution >= 4 is 41.4 Å². The lowest BCUT2D eigenvalue weighted by atomic mass is 9.90. The summed E-state index contributed by atoms with van der Waals surface area (Å²) >= 11 is 0. The summed E-state index contributed by atoms with van der Waals surface area (Å²) in [5.41, 5.74) is 0.850. The lowest BCUT2D eigenvalue weighted by Crippen LogP contribution is -2.56. The highest BCUT2D eigenvalue weighted by Crippen LogP contribution is 2.29. The second-order valence-electron chi connectivity index (χ2n) is 17.4. The number of benzene rings is 1. The third-order valence-electron chi connectivity index (χ3n) is 12.4. The van der Waals surface area contributed by atoms with Gasteiger partial charge in [0.15, 0.2) is 0 Å². The average Bonchev–Trinajstić information content (AvgIpc) is 3.89. The number of hydrogen-bond donors (Lipinski definition) is 3. The zero-order valence-corrected chi connectivity index (χ0v) is 40.2. The Labute approximate surface area is 385 Å². The third kappa shape index (κ3) is 16.3. The molecule has 1 saturated heterocycles. The fourth-order valence-corrected chi connectivity index (χ4v) is 8.71. The van der Waals surface area contributed by atoms with Gasteiger partial charge < -0.3 is 44.7 Å². The van der Waals surface area contributed by atoms with E-state index < -0.39 is 54.1 Å². The maximum absolute atomic E-state index is 14.2. The molecular weight excluding hydrogens is 839 g/mol. The molecule has 1 aromatic carbocycles. The average molecular weight is 914 g/mol. The van der Waals surface area contributed by atoms with Crippen molar-refractivity contribution in [3.05, 3.63) is 48.0 Å². The van der Waals surface area contributed by atoms with Crippen molar-refractivity contribution in [2.24, 2.45) is 17.8 Å². The highest BCUT2D eigenvalue weighted by atomic mass is 16.5. The molecule has 8 atom stereocenters. The van der Waals surface area contributed by atoms with Crippen LogP contribution >= 0.6 is 0 Å². The summed E-state index contributed by atoms with van der Waals surface area (Å²) < 4.78 is 23.0. The molecule has 1 unspecified atom stereocenters. The number of likely N-dealkylation sites (tertiary alicyclic amines) is 1. The van der Waals surface area contributed by atoms with E-state index in [-0.39, 0.29) is 100 Å². The standard InChI is InChI=1S/C47H75N7O11/c1-11-32(4)43(52(8)41(58)30-49-47(61)42(31(2)3)51(6)7)37(62-9)29-40(57)53-22-15-18-36(53)44(63-10)33(5)45(59)50-35(28-34-16-13-12-14-17-34)46(60)48-21-24-64-26-27-65-25-23-54-38(55)19-20-39(54)56/h12-14,16-17,19-20,31-33,35-37,42-44H,11,15,18,21-30H2,1-10H3,(H,48,60)(H,49,61)(H,50,59)/t32-,33-,35+,36+,37-,42?,43+,44-/m1/s1. The first-order valence-corrected chi connectivity index (χ1v) is 22.8. The van der Waals surface area contributed by atoms with Crippen LogP contribution in [0.4, 0.5) is 0 Å². The largest absolute Gasteiger partial charge is 0.379 e. The maximum Gasteiger partial charge on any atom is 0.253 e. The Morgan fingerprint density at radius 3 is 2.06 bits per heavy atom. The van der Waals surface area contributed by atoms with Crippen LogP contribution in [0.2, 0.25) is 0 Å². The lowest BCUT2D eigenvalue weighted by Gasteiger charge is -2.39. The van der Waals surface area contributed by atoms with Crippen LogP contribution in [0.25, 0.3) is 0 Å². The van der Waals surface area contributed by atoms with Crippen LogP contribution < -0.4 is 16.0 Å². The van der Waals surface area contributed by atoms with E-state index in [1.54, 1.807) is 23.8 Å². The molecule has 1 aromatic rings. The van der Waals surface area contributed by atoms with Gasteiger partial charge in [-0.1, -0.05) is 71.4 Å². The first kappa shape index (κ1) is 54.6. The third-order valence-corrected chi connectivity index (χ3v) is 12.4. The number of nitrogens with zero attached hydrogens (tertiary/aromatic N) is 4. The first-order chi connectivity index (χ1) is 31.0. The van der Waals surface area contributed by atoms with Gasteiger partial charge in [-0.15, -0.1) is 0 Å². The Morgan fingerprint density at radius 2 is 1.48 bits per heavy atom. The van der Waals surface area contributed by atoms with Gasteiger partial charge >= 0.3 is 0 Å². The number of methoxy groups -OCH3 is 2. The van der Waals surface area contributed by atoms with Crippen LogP contribution in [-0.4, -0.2) is 185 Å². The van der Waals surface area contributed by atoms with E-state index >= 15 is 0 Å². The molecule has 0 radical (unpaired) electrons. The SMILES string of the molecule is CC[C@@H](C)[C@@H]([C@@H](CC(=O)N1CCC[C@H]1[C@H](OC)[C@@H](C)C(=O)N[C@@H](Cc1ccccc1)C(=O)NCCOCCOCCN1C(=O)C=CC1=O)OC)N(C)C(=O)CNC(=O)C(C(C)C)N(C)C. The van der Waals surface area contributed by atoms with Gasteiger partial charge in [0.05, 0.1) is 82.2 Å². The van der Waals surface area contributed by atoms with Gasteiger partial charge in [0.25, 0.3) is 11.8 Å². The van der Waals surface area contributed by atoms with Crippen molar-refractivity contribution in [3.8, 4) is 0 Å². The van der Waals surface area contributed by atoms with Gasteiger partial charge in [-0.05, 0) is 44.3 Å². The van der Waals surface area contributed by atoms with Crippen LogP contribution in [-0.2, 0) is 58.9 Å². The molecule has 18 heteroatoms. The number of carbonyl (C=O) groups excluding carboxylic acids is 7. The molecule has 0 aliphatic carbocycles. The van der Waals surface area contributed by atoms with Gasteiger partial charge in [0, 0.05) is 52.9 Å². The number of rotatable bonds is 29. The number of likely N-dealkylation sites (N-methyl/N-ethyl adjacent to an activating group) is 2. The topological polar surface area (TPSA) is 205 Å². The number of nitrogens with one attached hydrogen (secondary N) is 3. The van der Waals surface area contributed by atoms with Crippen LogP contribution in [0.15, 0.2) is 42.5 Å². The fraction of sp³-hybridized carbons (Fsp3) is 0.681. The Morgan fingerprint density at radius 1 is 0.831 bits per heavy atom. The molecule has 0 saturated carbocycles. The Kier molecular flexibility index (Phi) is 23.2. The number of hydrogen-bond acceptors (Lipinski definition) is 12. The molecule has 3 N–H and O–H groups in total. The van der Waals surface area contributed by atoms with E-state index in [2.05, 4.69) is 16.0 Å². The second kappa shape index (κ2) is 27.7. The Hall–Kier alpha value is -4.75. The van der Waals surface area contributed by atoms with Gasteiger partial charge in [0.1, 0.15) is 6.04 Å². The molecule has 2 aliphatic rings. The van der Waals surface area contributed by atoms with Crippen molar-refractivity contribution in [3.63, 3.8) is 0 Å². The summed E-state index contributed by atoms with van der Waals surface area (Å²) in [6.45, 7) is 11.1. The summed E-state index contributed by atoms with van der Waals surface area (Å²) in [7, 11) is 8.37. The number of amides is 7. The van der Waals surface area contributed by atoms with E-state index in [1.807, 2.05) is 77.0 Å². The highest BCUT2D eigenvalue weighted by Gasteiger charge is 2.42. The summed E-state index contributed by atoms with van der Waals surface area (Å²) in [5.74, 6) is -3.01. The first-order valence-electron chi connectivity index (χ1n) is 22.8. The van der Waals surface area contributed by atoms with E-state index in [9.17, 15) is 33.6 Å². The molecule has 0 bridgehead atoms. The van der Waals surface area contributed by atoms with Crippen LogP contribution in [0.5, 0.6) is 0 Å². The monoisotopic (exact) mass is 914 g/mol. The zero-order valence-electron chi connectivity index (χ0n) is 40.2. The number of carbonyl (C=O) groups is 7. The fourth-order valence-electron chi connectivity index (χ4n) is 8.71. The predicted molar refractivity (Wildman–Crippen MR) is 244 cm³/mol.